The van der Waals surface area contributed by atoms with Gasteiger partial charge in [-0.05, 0) is 56.8 Å². The molecular weight excluding hydrogens is 206 g/mol. The minimum Gasteiger partial charge on any atom is -0.295 e. The molecule has 2 aliphatic rings. The third kappa shape index (κ3) is 2.70. The highest BCUT2D eigenvalue weighted by Gasteiger charge is 2.50. The Hall–Kier alpha value is -0.0400. The average Bonchev–Trinajstić information content (AvgIpc) is 2.09. The largest absolute Gasteiger partial charge is 0.295 e. The van der Waals surface area contributed by atoms with Gasteiger partial charge in [-0.15, -0.1) is 0 Å². The topological polar surface area (TPSA) is 3.24 Å². The normalized spacial score (nSPS) is 36.9. The summed E-state index contributed by atoms with van der Waals surface area (Å²) in [5.74, 6) is 0.950. The van der Waals surface area contributed by atoms with Crippen molar-refractivity contribution in [3.8, 4) is 0 Å². The van der Waals surface area contributed by atoms with Crippen LogP contribution in [0, 0.1) is 16.7 Å². The van der Waals surface area contributed by atoms with Crippen LogP contribution in [-0.4, -0.2) is 23.0 Å². The smallest absolute Gasteiger partial charge is 0.0146 e. The molecule has 2 fully saturated rings. The van der Waals surface area contributed by atoms with Crippen molar-refractivity contribution in [1.29, 1.82) is 0 Å². The van der Waals surface area contributed by atoms with Crippen LogP contribution >= 0.6 is 0 Å². The second-order valence-corrected chi connectivity index (χ2v) is 9.06. The van der Waals surface area contributed by atoms with E-state index in [1.807, 2.05) is 0 Å². The summed E-state index contributed by atoms with van der Waals surface area (Å²) in [5, 5.41) is 0. The van der Waals surface area contributed by atoms with Gasteiger partial charge in [0.2, 0.25) is 0 Å². The minimum atomic E-state index is 0.353. The average molecular weight is 237 g/mol. The first-order chi connectivity index (χ1) is 7.50. The number of nitrogens with zero attached hydrogens (tertiary/aromatic N) is 1. The van der Waals surface area contributed by atoms with Crippen molar-refractivity contribution in [3.05, 3.63) is 0 Å². The molecule has 1 heteroatoms. The van der Waals surface area contributed by atoms with Crippen LogP contribution in [0.25, 0.3) is 0 Å². The molecule has 2 unspecified atom stereocenters. The van der Waals surface area contributed by atoms with Crippen molar-refractivity contribution < 1.29 is 0 Å². The highest BCUT2D eigenvalue weighted by Crippen LogP contribution is 2.52. The fourth-order valence-electron chi connectivity index (χ4n) is 4.59. The molecule has 2 rings (SSSR count). The van der Waals surface area contributed by atoms with Gasteiger partial charge < -0.3 is 0 Å². The zero-order chi connectivity index (χ0) is 13.1. The van der Waals surface area contributed by atoms with Crippen molar-refractivity contribution in [2.24, 2.45) is 16.7 Å². The van der Waals surface area contributed by atoms with Gasteiger partial charge in [0.05, 0.1) is 0 Å². The SMILES string of the molecule is CC1(C)CC2CN(C(C)(C)C)C2CC(C)(C)C1. The Kier molecular flexibility index (Phi) is 2.94. The van der Waals surface area contributed by atoms with Crippen LogP contribution in [0.5, 0.6) is 0 Å². The van der Waals surface area contributed by atoms with Crippen LogP contribution in [0.1, 0.15) is 67.7 Å². The Morgan fingerprint density at radius 1 is 0.941 bits per heavy atom. The van der Waals surface area contributed by atoms with Crippen molar-refractivity contribution >= 4 is 0 Å². The zero-order valence-electron chi connectivity index (χ0n) is 12.9. The van der Waals surface area contributed by atoms with E-state index >= 15 is 0 Å². The number of likely N-dealkylation sites (tertiary alicyclic amines) is 1. The zero-order valence-corrected chi connectivity index (χ0v) is 12.9. The van der Waals surface area contributed by atoms with E-state index in [0.29, 0.717) is 16.4 Å². The van der Waals surface area contributed by atoms with Crippen LogP contribution in [0.2, 0.25) is 0 Å². The lowest BCUT2D eigenvalue weighted by molar-refractivity contribution is -0.0703. The number of rotatable bonds is 0. The van der Waals surface area contributed by atoms with Gasteiger partial charge in [-0.2, -0.15) is 0 Å². The van der Waals surface area contributed by atoms with Crippen LogP contribution in [0.3, 0.4) is 0 Å². The number of hydrogen-bond donors (Lipinski definition) is 0. The summed E-state index contributed by atoms with van der Waals surface area (Å²) in [6.45, 7) is 18.3. The quantitative estimate of drug-likeness (QED) is 0.606. The van der Waals surface area contributed by atoms with Crippen LogP contribution in [-0.2, 0) is 0 Å². The Morgan fingerprint density at radius 2 is 1.47 bits per heavy atom. The minimum absolute atomic E-state index is 0.353. The molecule has 1 nitrogen and oxygen atoms in total. The van der Waals surface area contributed by atoms with Gasteiger partial charge >= 0.3 is 0 Å². The molecule has 0 aromatic rings. The summed E-state index contributed by atoms with van der Waals surface area (Å²) < 4.78 is 0. The van der Waals surface area contributed by atoms with E-state index in [4.69, 9.17) is 0 Å². The van der Waals surface area contributed by atoms with Crippen molar-refractivity contribution in [1.82, 2.24) is 4.90 Å². The maximum Gasteiger partial charge on any atom is 0.0146 e. The molecule has 1 aliphatic carbocycles. The predicted molar refractivity (Wildman–Crippen MR) is 75.2 cm³/mol. The molecule has 100 valence electrons. The van der Waals surface area contributed by atoms with E-state index in [1.54, 1.807) is 0 Å². The lowest BCUT2D eigenvalue weighted by Crippen LogP contribution is -2.63. The summed E-state index contributed by atoms with van der Waals surface area (Å²) in [6, 6.07) is 0.840. The molecule has 0 amide bonds. The molecule has 0 spiro atoms. The molecule has 2 atom stereocenters. The summed E-state index contributed by atoms with van der Waals surface area (Å²) in [6.07, 6.45) is 4.19. The number of hydrogen-bond acceptors (Lipinski definition) is 1. The maximum atomic E-state index is 2.74. The summed E-state index contributed by atoms with van der Waals surface area (Å²) in [7, 11) is 0. The van der Waals surface area contributed by atoms with Gasteiger partial charge in [-0.1, -0.05) is 27.7 Å². The Bertz CT molecular complexity index is 295. The molecule has 0 N–H and O–H groups in total. The third-order valence-electron chi connectivity index (χ3n) is 4.77. The van der Waals surface area contributed by atoms with E-state index in [9.17, 15) is 0 Å². The first-order valence-electron chi connectivity index (χ1n) is 7.27. The van der Waals surface area contributed by atoms with E-state index < -0.39 is 0 Å². The highest BCUT2D eigenvalue weighted by atomic mass is 15.3. The van der Waals surface area contributed by atoms with Gasteiger partial charge in [0, 0.05) is 18.1 Å². The lowest BCUT2D eigenvalue weighted by Gasteiger charge is -2.56. The number of fused-ring (bicyclic) bond motifs is 1. The van der Waals surface area contributed by atoms with Gasteiger partial charge in [0.1, 0.15) is 0 Å². The standard InChI is InChI=1S/C16H31N/c1-14(2,3)17-10-12-8-15(4,5)11-16(6,7)9-13(12)17/h12-13H,8-11H2,1-7H3. The van der Waals surface area contributed by atoms with E-state index in [0.717, 1.165) is 12.0 Å². The first kappa shape index (κ1) is 13.4. The Morgan fingerprint density at radius 3 is 2.00 bits per heavy atom. The molecule has 1 aliphatic heterocycles. The van der Waals surface area contributed by atoms with Crippen LogP contribution in [0.15, 0.2) is 0 Å². The monoisotopic (exact) mass is 237 g/mol. The van der Waals surface area contributed by atoms with Crippen molar-refractivity contribution in [2.75, 3.05) is 6.54 Å². The molecule has 0 aromatic heterocycles. The van der Waals surface area contributed by atoms with Gasteiger partial charge in [-0.3, -0.25) is 4.90 Å². The molecular formula is C16H31N. The van der Waals surface area contributed by atoms with Crippen LogP contribution < -0.4 is 0 Å². The van der Waals surface area contributed by atoms with E-state index in [1.165, 1.54) is 25.8 Å². The Labute approximate surface area is 108 Å². The fourth-order valence-corrected chi connectivity index (χ4v) is 4.59. The maximum absolute atomic E-state index is 2.74. The second-order valence-electron chi connectivity index (χ2n) is 9.06. The summed E-state index contributed by atoms with van der Waals surface area (Å²) >= 11 is 0. The predicted octanol–water partition coefficient (Wildman–Crippen LogP) is 4.32. The highest BCUT2D eigenvalue weighted by molar-refractivity contribution is 5.04. The van der Waals surface area contributed by atoms with E-state index in [-0.39, 0.29) is 0 Å². The second kappa shape index (κ2) is 3.73. The molecule has 0 radical (unpaired) electrons. The third-order valence-corrected chi connectivity index (χ3v) is 4.77. The van der Waals surface area contributed by atoms with Crippen LogP contribution in [0.4, 0.5) is 0 Å². The summed E-state index contributed by atoms with van der Waals surface area (Å²) in [4.78, 5) is 2.74. The van der Waals surface area contributed by atoms with Gasteiger partial charge in [0.15, 0.2) is 0 Å². The fraction of sp³-hybridized carbons (Fsp3) is 1.00. The lowest BCUT2D eigenvalue weighted by atomic mass is 9.74. The molecule has 1 heterocycles. The van der Waals surface area contributed by atoms with Gasteiger partial charge in [0.25, 0.3) is 0 Å². The summed E-state index contributed by atoms with van der Waals surface area (Å²) in [5.41, 5.74) is 1.39. The first-order valence-corrected chi connectivity index (χ1v) is 7.27. The van der Waals surface area contributed by atoms with Crippen molar-refractivity contribution in [3.63, 3.8) is 0 Å². The molecule has 0 bridgehead atoms. The Balaban J connectivity index is 2.17. The van der Waals surface area contributed by atoms with Gasteiger partial charge in [-0.25, -0.2) is 0 Å². The molecule has 1 saturated heterocycles. The van der Waals surface area contributed by atoms with Crippen molar-refractivity contribution in [2.45, 2.75) is 79.3 Å². The molecule has 17 heavy (non-hydrogen) atoms. The molecule has 1 saturated carbocycles. The van der Waals surface area contributed by atoms with E-state index in [2.05, 4.69) is 53.4 Å². The molecule has 0 aromatic carbocycles.